The molecule has 0 saturated carbocycles. The summed E-state index contributed by atoms with van der Waals surface area (Å²) < 4.78 is 10.9. The summed E-state index contributed by atoms with van der Waals surface area (Å²) >= 11 is 0. The molecule has 1 aromatic carbocycles. The number of piperazine rings is 1. The van der Waals surface area contributed by atoms with Gasteiger partial charge in [0, 0.05) is 32.2 Å². The SMILES string of the molecule is CCOc1cccc(N2CCN(C(=O)c3ccc(C)cc3OC)CC2)n1. The van der Waals surface area contributed by atoms with E-state index in [9.17, 15) is 4.79 Å². The molecule has 1 aliphatic heterocycles. The van der Waals surface area contributed by atoms with Gasteiger partial charge < -0.3 is 19.3 Å². The number of methoxy groups -OCH3 is 1. The number of hydrogen-bond donors (Lipinski definition) is 0. The number of hydrogen-bond acceptors (Lipinski definition) is 5. The summed E-state index contributed by atoms with van der Waals surface area (Å²) in [6, 6.07) is 11.5. The number of carbonyl (C=O) groups is 1. The van der Waals surface area contributed by atoms with E-state index in [4.69, 9.17) is 9.47 Å². The Kier molecular flexibility index (Phi) is 5.61. The molecule has 3 rings (SSSR count). The Hall–Kier alpha value is -2.76. The highest BCUT2D eigenvalue weighted by molar-refractivity contribution is 5.97. The Labute approximate surface area is 154 Å². The Bertz CT molecular complexity index is 771. The van der Waals surface area contributed by atoms with Gasteiger partial charge in [0.05, 0.1) is 19.3 Å². The first-order valence-corrected chi connectivity index (χ1v) is 8.91. The van der Waals surface area contributed by atoms with Crippen molar-refractivity contribution < 1.29 is 14.3 Å². The smallest absolute Gasteiger partial charge is 0.257 e. The average molecular weight is 355 g/mol. The van der Waals surface area contributed by atoms with Crippen LogP contribution < -0.4 is 14.4 Å². The first kappa shape index (κ1) is 18.0. The lowest BCUT2D eigenvalue weighted by Gasteiger charge is -2.35. The second kappa shape index (κ2) is 8.08. The molecule has 0 aliphatic carbocycles. The van der Waals surface area contributed by atoms with Gasteiger partial charge >= 0.3 is 0 Å². The maximum absolute atomic E-state index is 12.9. The van der Waals surface area contributed by atoms with E-state index in [0.717, 1.165) is 24.5 Å². The van der Waals surface area contributed by atoms with Crippen LogP contribution in [0.25, 0.3) is 0 Å². The van der Waals surface area contributed by atoms with Crippen molar-refractivity contribution in [2.75, 3.05) is 44.8 Å². The summed E-state index contributed by atoms with van der Waals surface area (Å²) in [5, 5.41) is 0. The molecule has 6 heteroatoms. The van der Waals surface area contributed by atoms with Crippen molar-refractivity contribution in [2.24, 2.45) is 0 Å². The third-order valence-corrected chi connectivity index (χ3v) is 4.48. The zero-order chi connectivity index (χ0) is 18.5. The minimum atomic E-state index is 0.0116. The number of benzene rings is 1. The number of carbonyl (C=O) groups excluding carboxylic acids is 1. The van der Waals surface area contributed by atoms with Gasteiger partial charge in [0.2, 0.25) is 5.88 Å². The van der Waals surface area contributed by atoms with Crippen LogP contribution in [0.1, 0.15) is 22.8 Å². The van der Waals surface area contributed by atoms with Gasteiger partial charge in [0.1, 0.15) is 11.6 Å². The highest BCUT2D eigenvalue weighted by atomic mass is 16.5. The molecule has 0 spiro atoms. The molecule has 1 amide bonds. The van der Waals surface area contributed by atoms with Crippen LogP contribution in [0.3, 0.4) is 0 Å². The number of aryl methyl sites for hydroxylation is 1. The summed E-state index contributed by atoms with van der Waals surface area (Å²) in [5.41, 5.74) is 1.69. The van der Waals surface area contributed by atoms with Gasteiger partial charge in [0.15, 0.2) is 0 Å². The summed E-state index contributed by atoms with van der Waals surface area (Å²) in [5.74, 6) is 2.16. The minimum Gasteiger partial charge on any atom is -0.496 e. The van der Waals surface area contributed by atoms with Crippen molar-refractivity contribution in [2.45, 2.75) is 13.8 Å². The highest BCUT2D eigenvalue weighted by Crippen LogP contribution is 2.23. The van der Waals surface area contributed by atoms with E-state index in [1.54, 1.807) is 7.11 Å². The Morgan fingerprint density at radius 2 is 1.92 bits per heavy atom. The number of pyridine rings is 1. The minimum absolute atomic E-state index is 0.0116. The zero-order valence-corrected chi connectivity index (χ0v) is 15.6. The van der Waals surface area contributed by atoms with Crippen molar-refractivity contribution in [3.63, 3.8) is 0 Å². The maximum atomic E-state index is 12.9. The second-order valence-corrected chi connectivity index (χ2v) is 6.25. The zero-order valence-electron chi connectivity index (χ0n) is 15.6. The van der Waals surface area contributed by atoms with Crippen molar-refractivity contribution in [1.82, 2.24) is 9.88 Å². The topological polar surface area (TPSA) is 54.9 Å². The van der Waals surface area contributed by atoms with Crippen LogP contribution in [0.2, 0.25) is 0 Å². The van der Waals surface area contributed by atoms with Crippen molar-refractivity contribution in [3.8, 4) is 11.6 Å². The fourth-order valence-corrected chi connectivity index (χ4v) is 3.09. The molecule has 2 heterocycles. The number of amides is 1. The number of nitrogens with zero attached hydrogens (tertiary/aromatic N) is 3. The van der Waals surface area contributed by atoms with Gasteiger partial charge in [-0.15, -0.1) is 0 Å². The molecule has 0 unspecified atom stereocenters. The molecule has 1 saturated heterocycles. The highest BCUT2D eigenvalue weighted by Gasteiger charge is 2.25. The normalized spacial score (nSPS) is 14.3. The first-order valence-electron chi connectivity index (χ1n) is 8.91. The lowest BCUT2D eigenvalue weighted by atomic mass is 10.1. The number of aromatic nitrogens is 1. The van der Waals surface area contributed by atoms with Crippen molar-refractivity contribution in [1.29, 1.82) is 0 Å². The van der Waals surface area contributed by atoms with Gasteiger partial charge in [-0.1, -0.05) is 12.1 Å². The molecular weight excluding hydrogens is 330 g/mol. The molecule has 138 valence electrons. The number of anilines is 1. The number of rotatable bonds is 5. The fourth-order valence-electron chi connectivity index (χ4n) is 3.09. The summed E-state index contributed by atoms with van der Waals surface area (Å²) in [7, 11) is 1.60. The van der Waals surface area contributed by atoms with Crippen LogP contribution in [-0.4, -0.2) is 55.7 Å². The van der Waals surface area contributed by atoms with Crippen LogP contribution in [0.5, 0.6) is 11.6 Å². The van der Waals surface area contributed by atoms with Gasteiger partial charge in [-0.3, -0.25) is 4.79 Å². The van der Waals surface area contributed by atoms with E-state index in [-0.39, 0.29) is 5.91 Å². The Balaban J connectivity index is 1.67. The summed E-state index contributed by atoms with van der Waals surface area (Å²) in [6.07, 6.45) is 0. The van der Waals surface area contributed by atoms with E-state index in [1.165, 1.54) is 0 Å². The predicted molar refractivity (Wildman–Crippen MR) is 101 cm³/mol. The van der Waals surface area contributed by atoms with Gasteiger partial charge in [-0.25, -0.2) is 0 Å². The molecule has 1 aliphatic rings. The van der Waals surface area contributed by atoms with Crippen molar-refractivity contribution >= 4 is 11.7 Å². The lowest BCUT2D eigenvalue weighted by molar-refractivity contribution is 0.0743. The van der Waals surface area contributed by atoms with Gasteiger partial charge in [-0.2, -0.15) is 4.98 Å². The summed E-state index contributed by atoms with van der Waals surface area (Å²) in [4.78, 5) is 21.4. The third kappa shape index (κ3) is 3.90. The molecule has 0 radical (unpaired) electrons. The maximum Gasteiger partial charge on any atom is 0.257 e. The molecule has 26 heavy (non-hydrogen) atoms. The third-order valence-electron chi connectivity index (χ3n) is 4.48. The van der Waals surface area contributed by atoms with E-state index in [0.29, 0.717) is 36.9 Å². The average Bonchev–Trinajstić information content (AvgIpc) is 2.68. The standard InChI is InChI=1S/C20H25N3O3/c1-4-26-19-7-5-6-18(21-19)22-10-12-23(13-11-22)20(24)16-9-8-15(2)14-17(16)25-3/h5-9,14H,4,10-13H2,1-3H3. The van der Waals surface area contributed by atoms with Crippen molar-refractivity contribution in [3.05, 3.63) is 47.5 Å². The largest absolute Gasteiger partial charge is 0.496 e. The molecule has 6 nitrogen and oxygen atoms in total. The van der Waals surface area contributed by atoms with E-state index in [1.807, 2.05) is 55.1 Å². The van der Waals surface area contributed by atoms with E-state index in [2.05, 4.69) is 9.88 Å². The second-order valence-electron chi connectivity index (χ2n) is 6.25. The van der Waals surface area contributed by atoms with Crippen LogP contribution >= 0.6 is 0 Å². The fraction of sp³-hybridized carbons (Fsp3) is 0.400. The van der Waals surface area contributed by atoms with E-state index >= 15 is 0 Å². The summed E-state index contributed by atoms with van der Waals surface area (Å²) in [6.45, 7) is 7.30. The van der Waals surface area contributed by atoms with Crippen LogP contribution in [0, 0.1) is 6.92 Å². The Morgan fingerprint density at radius 3 is 2.62 bits per heavy atom. The van der Waals surface area contributed by atoms with Crippen LogP contribution in [-0.2, 0) is 0 Å². The predicted octanol–water partition coefficient (Wildman–Crippen LogP) is 2.76. The monoisotopic (exact) mass is 355 g/mol. The molecule has 0 bridgehead atoms. The van der Waals surface area contributed by atoms with Gasteiger partial charge in [0.25, 0.3) is 5.91 Å². The number of ether oxygens (including phenoxy) is 2. The molecule has 1 aromatic heterocycles. The molecule has 0 atom stereocenters. The molecule has 1 fully saturated rings. The molecular formula is C20H25N3O3. The van der Waals surface area contributed by atoms with E-state index < -0.39 is 0 Å². The van der Waals surface area contributed by atoms with Crippen LogP contribution in [0.4, 0.5) is 5.82 Å². The first-order chi connectivity index (χ1) is 12.6. The molecule has 2 aromatic rings. The van der Waals surface area contributed by atoms with Gasteiger partial charge in [-0.05, 0) is 37.6 Å². The molecule has 0 N–H and O–H groups in total. The lowest BCUT2D eigenvalue weighted by Crippen LogP contribution is -2.49. The quantitative estimate of drug-likeness (QED) is 0.825. The van der Waals surface area contributed by atoms with Crippen LogP contribution in [0.15, 0.2) is 36.4 Å². The Morgan fingerprint density at radius 1 is 1.15 bits per heavy atom.